The molecule has 4 aromatic rings. The van der Waals surface area contributed by atoms with E-state index in [0.29, 0.717) is 12.1 Å². The summed E-state index contributed by atoms with van der Waals surface area (Å²) in [7, 11) is 0. The predicted molar refractivity (Wildman–Crippen MR) is 174 cm³/mol. The van der Waals surface area contributed by atoms with Gasteiger partial charge in [-0.3, -0.25) is 9.59 Å². The van der Waals surface area contributed by atoms with Crippen molar-refractivity contribution in [3.63, 3.8) is 0 Å². The highest BCUT2D eigenvalue weighted by atomic mass is 16.7. The van der Waals surface area contributed by atoms with E-state index in [2.05, 4.69) is 26.1 Å². The van der Waals surface area contributed by atoms with Gasteiger partial charge in [0.05, 0.1) is 18.9 Å². The minimum atomic E-state index is -1.22. The number of rotatable bonds is 15. The molecule has 0 aliphatic heterocycles. The van der Waals surface area contributed by atoms with Crippen LogP contribution in [0.15, 0.2) is 85.3 Å². The number of aliphatic hydroxyl groups excluding tert-OH is 1. The Kier molecular flexibility index (Phi) is 12.9. The number of ether oxygens (including phenoxy) is 1. The number of imidazole rings is 1. The van der Waals surface area contributed by atoms with Crippen LogP contribution < -0.4 is 16.1 Å². The summed E-state index contributed by atoms with van der Waals surface area (Å²) in [5.41, 5.74) is 4.20. The Hall–Kier alpha value is -5.23. The quantitative estimate of drug-likeness (QED) is 0.121. The first-order valence-corrected chi connectivity index (χ1v) is 15.6. The molecule has 0 radical (unpaired) electrons. The van der Waals surface area contributed by atoms with E-state index in [-0.39, 0.29) is 31.8 Å². The number of aromatic amines is 1. The van der Waals surface area contributed by atoms with Gasteiger partial charge in [0.25, 0.3) is 5.91 Å². The number of nitrogens with zero attached hydrogens (tertiary/aromatic N) is 1. The first kappa shape index (κ1) is 34.6. The molecule has 12 nitrogen and oxygen atoms in total. The number of carbonyl (C=O) groups is 4. The fraction of sp³-hybridized carbons (Fsp3) is 0.343. The molecule has 1 heterocycles. The molecule has 0 aliphatic carbocycles. The van der Waals surface area contributed by atoms with Gasteiger partial charge in [0.1, 0.15) is 18.7 Å². The Morgan fingerprint density at radius 1 is 0.894 bits per heavy atom. The van der Waals surface area contributed by atoms with Gasteiger partial charge in [-0.15, -0.1) is 0 Å². The smallest absolute Gasteiger partial charge is 0.408 e. The normalized spacial score (nSPS) is 13.5. The molecule has 5 N–H and O–H groups in total. The largest absolute Gasteiger partial charge is 0.445 e. The van der Waals surface area contributed by atoms with Gasteiger partial charge in [-0.1, -0.05) is 93.1 Å². The van der Waals surface area contributed by atoms with E-state index in [1.165, 1.54) is 12.5 Å². The van der Waals surface area contributed by atoms with Crippen molar-refractivity contribution in [2.45, 2.75) is 70.7 Å². The van der Waals surface area contributed by atoms with E-state index in [0.717, 1.165) is 28.3 Å². The topological polar surface area (TPSA) is 172 Å². The maximum absolute atomic E-state index is 13.8. The maximum atomic E-state index is 13.8. The van der Waals surface area contributed by atoms with Gasteiger partial charge >= 0.3 is 12.1 Å². The van der Waals surface area contributed by atoms with E-state index in [4.69, 9.17) is 9.57 Å². The number of H-pyrrole nitrogens is 1. The van der Waals surface area contributed by atoms with E-state index in [1.807, 2.05) is 86.6 Å². The van der Waals surface area contributed by atoms with Crippen LogP contribution in [0.4, 0.5) is 4.79 Å². The van der Waals surface area contributed by atoms with Crippen LogP contribution >= 0.6 is 0 Å². The van der Waals surface area contributed by atoms with Crippen molar-refractivity contribution in [2.75, 3.05) is 0 Å². The number of amides is 3. The van der Waals surface area contributed by atoms with Gasteiger partial charge in [0.2, 0.25) is 5.91 Å². The third-order valence-electron chi connectivity index (χ3n) is 7.78. The first-order chi connectivity index (χ1) is 22.7. The second kappa shape index (κ2) is 17.5. The summed E-state index contributed by atoms with van der Waals surface area (Å²) in [5.74, 6) is -2.08. The van der Waals surface area contributed by atoms with Crippen LogP contribution in [0.3, 0.4) is 0 Å². The highest BCUT2D eigenvalue weighted by molar-refractivity contribution is 5.93. The zero-order valence-electron chi connectivity index (χ0n) is 26.5. The van der Waals surface area contributed by atoms with Crippen molar-refractivity contribution >= 4 is 34.6 Å². The summed E-state index contributed by atoms with van der Waals surface area (Å²) < 4.78 is 5.40. The van der Waals surface area contributed by atoms with Gasteiger partial charge in [-0.2, -0.15) is 5.48 Å². The van der Waals surface area contributed by atoms with Crippen molar-refractivity contribution < 1.29 is 33.9 Å². The molecular formula is C35H41N5O7. The van der Waals surface area contributed by atoms with Crippen LogP contribution in [-0.2, 0) is 43.4 Å². The predicted octanol–water partition coefficient (Wildman–Crippen LogP) is 3.89. The number of alkyl carbamates (subject to hydrolysis) is 1. The van der Waals surface area contributed by atoms with E-state index < -0.39 is 42.1 Å². The van der Waals surface area contributed by atoms with Crippen molar-refractivity contribution in [3.05, 3.63) is 102 Å². The van der Waals surface area contributed by atoms with Crippen LogP contribution in [0.1, 0.15) is 49.9 Å². The number of hydrogen-bond acceptors (Lipinski definition) is 8. The fourth-order valence-electron chi connectivity index (χ4n) is 5.03. The Morgan fingerprint density at radius 3 is 2.36 bits per heavy atom. The number of carbonyl (C=O) groups excluding carboxylic acids is 4. The lowest BCUT2D eigenvalue weighted by molar-refractivity contribution is -0.161. The number of benzene rings is 3. The summed E-state index contributed by atoms with van der Waals surface area (Å²) in [6.07, 6.45) is 2.22. The molecule has 4 atom stereocenters. The zero-order valence-corrected chi connectivity index (χ0v) is 26.5. The van der Waals surface area contributed by atoms with Crippen LogP contribution in [0.2, 0.25) is 0 Å². The molecule has 0 saturated carbocycles. The van der Waals surface area contributed by atoms with E-state index in [1.54, 1.807) is 0 Å². The lowest BCUT2D eigenvalue weighted by atomic mass is 9.98. The number of hydroxylamine groups is 1. The molecule has 47 heavy (non-hydrogen) atoms. The number of aromatic nitrogens is 2. The lowest BCUT2D eigenvalue weighted by Gasteiger charge is -2.23. The first-order valence-electron chi connectivity index (χ1n) is 15.6. The van der Waals surface area contributed by atoms with E-state index in [9.17, 15) is 24.3 Å². The highest BCUT2D eigenvalue weighted by Gasteiger charge is 2.29. The molecule has 0 spiro atoms. The van der Waals surface area contributed by atoms with Crippen molar-refractivity contribution in [3.8, 4) is 0 Å². The van der Waals surface area contributed by atoms with Gasteiger partial charge in [0.15, 0.2) is 0 Å². The molecule has 1 unspecified atom stereocenters. The minimum absolute atomic E-state index is 0.00242. The molecule has 0 fully saturated rings. The molecule has 3 aromatic carbocycles. The molecule has 0 bridgehead atoms. The molecular weight excluding hydrogens is 602 g/mol. The molecule has 3 amide bonds. The molecule has 248 valence electrons. The number of aliphatic hydroxyl groups is 1. The SMILES string of the molecule is CCC(C)C[C@H](O)CC(=O)ONC(=O)[C@H](Cc1cnc[nH]1)NC(=O)[C@@H](Cc1cccc2ccccc12)NC(=O)OCc1ccccc1. The standard InChI is InChI=1S/C35H41N5O7/c1-3-23(2)16-28(41)19-32(42)47-40-34(44)31(18-27-20-36-22-37-27)38-33(43)30(39-35(45)46-21-24-10-5-4-6-11-24)17-26-14-9-13-25-12-7-8-15-29(25)26/h4-15,20,22-23,28,30-31,41H,3,16-19,21H2,1-2H3,(H,36,37)(H,38,43)(H,39,45)(H,40,44)/t23?,28-,30+,31-/m0/s1. The molecule has 1 aromatic heterocycles. The number of hydrogen-bond donors (Lipinski definition) is 5. The zero-order chi connectivity index (χ0) is 33.6. The Morgan fingerprint density at radius 2 is 1.62 bits per heavy atom. The lowest BCUT2D eigenvalue weighted by Crippen LogP contribution is -2.55. The van der Waals surface area contributed by atoms with Crippen molar-refractivity contribution in [1.82, 2.24) is 26.1 Å². The summed E-state index contributed by atoms with van der Waals surface area (Å²) in [6.45, 7) is 3.95. The molecule has 0 aliphatic rings. The summed E-state index contributed by atoms with van der Waals surface area (Å²) in [4.78, 5) is 64.1. The van der Waals surface area contributed by atoms with E-state index >= 15 is 0 Å². The fourth-order valence-corrected chi connectivity index (χ4v) is 5.03. The molecule has 12 heteroatoms. The molecule has 4 rings (SSSR count). The monoisotopic (exact) mass is 643 g/mol. The Balaban J connectivity index is 1.48. The third-order valence-corrected chi connectivity index (χ3v) is 7.78. The number of fused-ring (bicyclic) bond motifs is 1. The van der Waals surface area contributed by atoms with Crippen LogP contribution in [-0.4, -0.2) is 57.1 Å². The average Bonchev–Trinajstić information content (AvgIpc) is 3.59. The van der Waals surface area contributed by atoms with Crippen molar-refractivity contribution in [1.29, 1.82) is 0 Å². The average molecular weight is 644 g/mol. The van der Waals surface area contributed by atoms with Gasteiger partial charge in [-0.25, -0.2) is 14.6 Å². The summed E-state index contributed by atoms with van der Waals surface area (Å²) >= 11 is 0. The van der Waals surface area contributed by atoms with Crippen molar-refractivity contribution in [2.24, 2.45) is 5.92 Å². The second-order valence-corrected chi connectivity index (χ2v) is 11.5. The van der Waals surface area contributed by atoms with Crippen LogP contribution in [0, 0.1) is 5.92 Å². The Bertz CT molecular complexity index is 1610. The summed E-state index contributed by atoms with van der Waals surface area (Å²) in [5, 5.41) is 17.4. The van der Waals surface area contributed by atoms with Gasteiger partial charge in [-0.05, 0) is 34.2 Å². The summed E-state index contributed by atoms with van der Waals surface area (Å²) in [6, 6.07) is 20.1. The number of nitrogens with one attached hydrogen (secondary N) is 4. The van der Waals surface area contributed by atoms with Gasteiger partial charge in [0, 0.05) is 24.7 Å². The van der Waals surface area contributed by atoms with Gasteiger partial charge < -0.3 is 30.3 Å². The highest BCUT2D eigenvalue weighted by Crippen LogP contribution is 2.20. The molecule has 0 saturated heterocycles. The second-order valence-electron chi connectivity index (χ2n) is 11.5. The maximum Gasteiger partial charge on any atom is 0.408 e. The Labute approximate surface area is 273 Å². The third kappa shape index (κ3) is 11.0. The minimum Gasteiger partial charge on any atom is -0.445 e. The van der Waals surface area contributed by atoms with Crippen LogP contribution in [0.25, 0.3) is 10.8 Å². The van der Waals surface area contributed by atoms with Crippen LogP contribution in [0.5, 0.6) is 0 Å².